The summed E-state index contributed by atoms with van der Waals surface area (Å²) in [6.45, 7) is 5.24. The molecule has 1 aliphatic rings. The molecule has 0 saturated carbocycles. The predicted octanol–water partition coefficient (Wildman–Crippen LogP) is 0.140. The average molecular weight is 250 g/mol. The topological polar surface area (TPSA) is 67.2 Å². The van der Waals surface area contributed by atoms with E-state index in [1.54, 1.807) is 10.9 Å². The van der Waals surface area contributed by atoms with Crippen LogP contribution >= 0.6 is 0 Å². The Morgan fingerprint density at radius 3 is 2.83 bits per heavy atom. The van der Waals surface area contributed by atoms with Gasteiger partial charge in [0.1, 0.15) is 0 Å². The molecule has 6 nitrogen and oxygen atoms in total. The van der Waals surface area contributed by atoms with Crippen molar-refractivity contribution in [3.8, 4) is 0 Å². The van der Waals surface area contributed by atoms with E-state index in [9.17, 15) is 9.59 Å². The lowest BCUT2D eigenvalue weighted by atomic mass is 10.1. The Kier molecular flexibility index (Phi) is 3.76. The molecule has 6 heteroatoms. The van der Waals surface area contributed by atoms with E-state index in [1.165, 1.54) is 4.90 Å². The van der Waals surface area contributed by atoms with Crippen molar-refractivity contribution in [2.24, 2.45) is 0 Å². The number of nitrogens with zero attached hydrogens (tertiary/aromatic N) is 3. The number of carbonyl (C=O) groups excluding carboxylic acids is 2. The number of carbonyl (C=O) groups is 2. The molecule has 2 amide bonds. The smallest absolute Gasteiger partial charge is 0.246 e. The van der Waals surface area contributed by atoms with Crippen LogP contribution in [0, 0.1) is 0 Å². The minimum atomic E-state index is -0.246. The summed E-state index contributed by atoms with van der Waals surface area (Å²) in [5.41, 5.74) is 0.885. The van der Waals surface area contributed by atoms with Gasteiger partial charge in [0.05, 0.1) is 25.3 Å². The fourth-order valence-corrected chi connectivity index (χ4v) is 2.03. The SMILES string of the molecule is CCC1NCC(=O)N(Cc2cnn(CC)c2)C1=O. The molecule has 1 fully saturated rings. The van der Waals surface area contributed by atoms with Crippen LogP contribution in [-0.4, -0.2) is 39.1 Å². The quantitative estimate of drug-likeness (QED) is 0.772. The van der Waals surface area contributed by atoms with Crippen LogP contribution in [-0.2, 0) is 22.7 Å². The molecule has 1 aromatic heterocycles. The third kappa shape index (κ3) is 2.43. The third-order valence-electron chi connectivity index (χ3n) is 3.12. The zero-order valence-corrected chi connectivity index (χ0v) is 10.7. The van der Waals surface area contributed by atoms with Crippen LogP contribution < -0.4 is 5.32 Å². The lowest BCUT2D eigenvalue weighted by molar-refractivity contribution is -0.150. The highest BCUT2D eigenvalue weighted by Gasteiger charge is 2.32. The second kappa shape index (κ2) is 5.30. The van der Waals surface area contributed by atoms with Gasteiger partial charge in [-0.05, 0) is 13.3 Å². The van der Waals surface area contributed by atoms with Crippen LogP contribution in [0.15, 0.2) is 12.4 Å². The zero-order valence-electron chi connectivity index (χ0n) is 10.7. The number of aromatic nitrogens is 2. The molecule has 0 bridgehead atoms. The van der Waals surface area contributed by atoms with Crippen LogP contribution in [0.5, 0.6) is 0 Å². The van der Waals surface area contributed by atoms with E-state index in [0.717, 1.165) is 12.1 Å². The molecular weight excluding hydrogens is 232 g/mol. The Hall–Kier alpha value is -1.69. The molecule has 98 valence electrons. The van der Waals surface area contributed by atoms with Gasteiger partial charge in [0.2, 0.25) is 11.8 Å². The Morgan fingerprint density at radius 2 is 2.22 bits per heavy atom. The van der Waals surface area contributed by atoms with Crippen LogP contribution in [0.25, 0.3) is 0 Å². The number of hydrogen-bond donors (Lipinski definition) is 1. The van der Waals surface area contributed by atoms with Gasteiger partial charge in [-0.25, -0.2) is 0 Å². The minimum absolute atomic E-state index is 0.141. The second-order valence-corrected chi connectivity index (χ2v) is 4.36. The first-order valence-electron chi connectivity index (χ1n) is 6.24. The molecule has 1 aromatic rings. The molecular formula is C12H18N4O2. The predicted molar refractivity (Wildman–Crippen MR) is 65.5 cm³/mol. The first-order chi connectivity index (χ1) is 8.65. The van der Waals surface area contributed by atoms with Crippen molar-refractivity contribution >= 4 is 11.8 Å². The van der Waals surface area contributed by atoms with Crippen LogP contribution in [0.2, 0.25) is 0 Å². The molecule has 1 saturated heterocycles. The molecule has 0 aromatic carbocycles. The number of rotatable bonds is 4. The van der Waals surface area contributed by atoms with E-state index in [-0.39, 0.29) is 24.4 Å². The highest BCUT2D eigenvalue weighted by atomic mass is 16.2. The van der Waals surface area contributed by atoms with Crippen LogP contribution in [0.3, 0.4) is 0 Å². The van der Waals surface area contributed by atoms with E-state index in [1.807, 2.05) is 20.0 Å². The standard InChI is InChI=1S/C12H18N4O2/c1-3-10-12(18)16(11(17)6-13-10)8-9-5-14-15(4-2)7-9/h5,7,10,13H,3-4,6,8H2,1-2H3. The maximum Gasteiger partial charge on any atom is 0.246 e. The van der Waals surface area contributed by atoms with E-state index in [4.69, 9.17) is 0 Å². The molecule has 2 rings (SSSR count). The highest BCUT2D eigenvalue weighted by Crippen LogP contribution is 2.11. The van der Waals surface area contributed by atoms with Gasteiger partial charge in [-0.2, -0.15) is 5.10 Å². The van der Waals surface area contributed by atoms with Crippen molar-refractivity contribution in [3.05, 3.63) is 18.0 Å². The largest absolute Gasteiger partial charge is 0.297 e. The second-order valence-electron chi connectivity index (χ2n) is 4.36. The van der Waals surface area contributed by atoms with Crippen molar-refractivity contribution in [1.82, 2.24) is 20.0 Å². The fourth-order valence-electron chi connectivity index (χ4n) is 2.03. The Morgan fingerprint density at radius 1 is 1.44 bits per heavy atom. The number of imide groups is 1. The summed E-state index contributed by atoms with van der Waals surface area (Å²) in [7, 11) is 0. The molecule has 1 aliphatic heterocycles. The zero-order chi connectivity index (χ0) is 13.1. The summed E-state index contributed by atoms with van der Waals surface area (Å²) in [6.07, 6.45) is 4.26. The van der Waals surface area contributed by atoms with E-state index in [0.29, 0.717) is 13.0 Å². The van der Waals surface area contributed by atoms with Crippen molar-refractivity contribution in [3.63, 3.8) is 0 Å². The van der Waals surface area contributed by atoms with Crippen molar-refractivity contribution in [1.29, 1.82) is 0 Å². The van der Waals surface area contributed by atoms with Crippen LogP contribution in [0.1, 0.15) is 25.8 Å². The summed E-state index contributed by atoms with van der Waals surface area (Å²) >= 11 is 0. The minimum Gasteiger partial charge on any atom is -0.297 e. The van der Waals surface area contributed by atoms with Gasteiger partial charge in [-0.15, -0.1) is 0 Å². The molecule has 18 heavy (non-hydrogen) atoms. The lowest BCUT2D eigenvalue weighted by Crippen LogP contribution is -2.57. The molecule has 1 unspecified atom stereocenters. The summed E-state index contributed by atoms with van der Waals surface area (Å²) in [5, 5.41) is 7.08. The number of nitrogens with one attached hydrogen (secondary N) is 1. The third-order valence-corrected chi connectivity index (χ3v) is 3.12. The summed E-state index contributed by atoms with van der Waals surface area (Å²) in [4.78, 5) is 25.1. The van der Waals surface area contributed by atoms with E-state index in [2.05, 4.69) is 10.4 Å². The van der Waals surface area contributed by atoms with E-state index >= 15 is 0 Å². The van der Waals surface area contributed by atoms with Gasteiger partial charge >= 0.3 is 0 Å². The van der Waals surface area contributed by atoms with Crippen molar-refractivity contribution in [2.45, 2.75) is 39.4 Å². The molecule has 0 aliphatic carbocycles. The van der Waals surface area contributed by atoms with Gasteiger partial charge in [0.25, 0.3) is 0 Å². The number of amides is 2. The normalized spacial score (nSPS) is 20.6. The average Bonchev–Trinajstić information content (AvgIpc) is 2.82. The summed E-state index contributed by atoms with van der Waals surface area (Å²) in [6, 6.07) is -0.246. The van der Waals surface area contributed by atoms with Gasteiger partial charge in [0, 0.05) is 18.3 Å². The maximum absolute atomic E-state index is 12.1. The lowest BCUT2D eigenvalue weighted by Gasteiger charge is -2.30. The van der Waals surface area contributed by atoms with Crippen LogP contribution in [0.4, 0.5) is 0 Å². The van der Waals surface area contributed by atoms with Gasteiger partial charge < -0.3 is 0 Å². The van der Waals surface area contributed by atoms with Crippen molar-refractivity contribution < 1.29 is 9.59 Å². The number of hydrogen-bond acceptors (Lipinski definition) is 4. The first-order valence-corrected chi connectivity index (χ1v) is 6.24. The first kappa shape index (κ1) is 12.8. The monoisotopic (exact) mass is 250 g/mol. The molecule has 1 N–H and O–H groups in total. The maximum atomic E-state index is 12.1. The Labute approximate surface area is 106 Å². The van der Waals surface area contributed by atoms with Gasteiger partial charge in [0.15, 0.2) is 0 Å². The molecule has 0 spiro atoms. The highest BCUT2D eigenvalue weighted by molar-refractivity contribution is 6.01. The Bertz CT molecular complexity index is 455. The van der Waals surface area contributed by atoms with Gasteiger partial charge in [-0.3, -0.25) is 24.5 Å². The fraction of sp³-hybridized carbons (Fsp3) is 0.583. The van der Waals surface area contributed by atoms with Crippen molar-refractivity contribution in [2.75, 3.05) is 6.54 Å². The summed E-state index contributed by atoms with van der Waals surface area (Å²) in [5.74, 6) is -0.313. The Balaban J connectivity index is 2.10. The number of aryl methyl sites for hydroxylation is 1. The van der Waals surface area contributed by atoms with E-state index < -0.39 is 0 Å². The molecule has 2 heterocycles. The molecule has 0 radical (unpaired) electrons. The van der Waals surface area contributed by atoms with Gasteiger partial charge in [-0.1, -0.05) is 6.92 Å². The number of piperazine rings is 1. The molecule has 1 atom stereocenters. The summed E-state index contributed by atoms with van der Waals surface area (Å²) < 4.78 is 1.78.